The smallest absolute Gasteiger partial charge is 0.246 e. The van der Waals surface area contributed by atoms with E-state index in [0.29, 0.717) is 12.0 Å². The highest BCUT2D eigenvalue weighted by Crippen LogP contribution is 2.24. The van der Waals surface area contributed by atoms with Crippen LogP contribution in [0.2, 0.25) is 0 Å². The molecule has 112 valence electrons. The summed E-state index contributed by atoms with van der Waals surface area (Å²) in [5.74, 6) is -0.787. The van der Waals surface area contributed by atoms with Gasteiger partial charge in [0, 0.05) is 5.56 Å². The Balaban J connectivity index is 2.33. The van der Waals surface area contributed by atoms with Crippen LogP contribution in [0.15, 0.2) is 30.3 Å². The fourth-order valence-electron chi connectivity index (χ4n) is 2.64. The normalized spacial score (nSPS) is 20.0. The van der Waals surface area contributed by atoms with Crippen molar-refractivity contribution in [1.29, 1.82) is 0 Å². The SMILES string of the molecule is CCC(C(=O)c1ccccc1)N1CC(=O)NC(=O)C1(C)C. The van der Waals surface area contributed by atoms with E-state index in [-0.39, 0.29) is 24.1 Å². The van der Waals surface area contributed by atoms with Crippen LogP contribution in [0.4, 0.5) is 0 Å². The first-order valence-electron chi connectivity index (χ1n) is 7.08. The number of benzene rings is 1. The summed E-state index contributed by atoms with van der Waals surface area (Å²) >= 11 is 0. The van der Waals surface area contributed by atoms with Gasteiger partial charge in [0.2, 0.25) is 11.8 Å². The summed E-state index contributed by atoms with van der Waals surface area (Å²) in [5.41, 5.74) is -0.294. The molecule has 2 amide bonds. The van der Waals surface area contributed by atoms with E-state index in [2.05, 4.69) is 5.32 Å². The summed E-state index contributed by atoms with van der Waals surface area (Å²) in [6, 6.07) is 8.48. The second kappa shape index (κ2) is 5.77. The van der Waals surface area contributed by atoms with E-state index in [0.717, 1.165) is 0 Å². The van der Waals surface area contributed by atoms with Crippen LogP contribution >= 0.6 is 0 Å². The summed E-state index contributed by atoms with van der Waals surface area (Å²) in [7, 11) is 0. The summed E-state index contributed by atoms with van der Waals surface area (Å²) in [5, 5.41) is 2.33. The van der Waals surface area contributed by atoms with Gasteiger partial charge in [0.15, 0.2) is 5.78 Å². The fraction of sp³-hybridized carbons (Fsp3) is 0.438. The zero-order chi connectivity index (χ0) is 15.6. The molecule has 1 aromatic carbocycles. The second-order valence-electron chi connectivity index (χ2n) is 5.72. The van der Waals surface area contributed by atoms with E-state index in [4.69, 9.17) is 0 Å². The molecule has 21 heavy (non-hydrogen) atoms. The monoisotopic (exact) mass is 288 g/mol. The third-order valence-electron chi connectivity index (χ3n) is 3.96. The highest BCUT2D eigenvalue weighted by molar-refractivity contribution is 6.05. The number of carbonyl (C=O) groups excluding carboxylic acids is 3. The van der Waals surface area contributed by atoms with E-state index >= 15 is 0 Å². The lowest BCUT2D eigenvalue weighted by Gasteiger charge is -2.44. The number of amides is 2. The Hall–Kier alpha value is -2.01. The van der Waals surface area contributed by atoms with Gasteiger partial charge in [-0.15, -0.1) is 0 Å². The van der Waals surface area contributed by atoms with Crippen LogP contribution in [0.5, 0.6) is 0 Å². The van der Waals surface area contributed by atoms with Crippen molar-refractivity contribution in [2.45, 2.75) is 38.8 Å². The first-order valence-corrected chi connectivity index (χ1v) is 7.08. The van der Waals surface area contributed by atoms with Crippen LogP contribution in [0.3, 0.4) is 0 Å². The van der Waals surface area contributed by atoms with Crippen molar-refractivity contribution >= 4 is 17.6 Å². The van der Waals surface area contributed by atoms with Crippen molar-refractivity contribution < 1.29 is 14.4 Å². The Morgan fingerprint density at radius 2 is 1.90 bits per heavy atom. The Kier molecular flexibility index (Phi) is 4.23. The molecule has 1 aliphatic heterocycles. The van der Waals surface area contributed by atoms with Gasteiger partial charge in [-0.2, -0.15) is 0 Å². The summed E-state index contributed by atoms with van der Waals surface area (Å²) in [6.45, 7) is 5.40. The van der Waals surface area contributed by atoms with Gasteiger partial charge in [0.25, 0.3) is 0 Å². The van der Waals surface area contributed by atoms with Crippen molar-refractivity contribution in [1.82, 2.24) is 10.2 Å². The Morgan fingerprint density at radius 3 is 2.48 bits per heavy atom. The van der Waals surface area contributed by atoms with Crippen molar-refractivity contribution in [3.63, 3.8) is 0 Å². The minimum atomic E-state index is -0.890. The second-order valence-corrected chi connectivity index (χ2v) is 5.72. The number of imide groups is 1. The highest BCUT2D eigenvalue weighted by atomic mass is 16.2. The largest absolute Gasteiger partial charge is 0.294 e. The van der Waals surface area contributed by atoms with E-state index in [1.807, 2.05) is 13.0 Å². The van der Waals surface area contributed by atoms with E-state index in [1.54, 1.807) is 43.0 Å². The standard InChI is InChI=1S/C16H20N2O3/c1-4-12(14(20)11-8-6-5-7-9-11)18-10-13(19)17-15(21)16(18,2)3/h5-9,12H,4,10H2,1-3H3,(H,17,19,21). The molecular weight excluding hydrogens is 268 g/mol. The number of nitrogens with one attached hydrogen (secondary N) is 1. The van der Waals surface area contributed by atoms with Crippen molar-refractivity contribution in [2.75, 3.05) is 6.54 Å². The minimum Gasteiger partial charge on any atom is -0.294 e. The van der Waals surface area contributed by atoms with Crippen molar-refractivity contribution in [3.05, 3.63) is 35.9 Å². The fourth-order valence-corrected chi connectivity index (χ4v) is 2.64. The number of rotatable bonds is 4. The molecule has 1 fully saturated rings. The van der Waals surface area contributed by atoms with E-state index in [9.17, 15) is 14.4 Å². The molecule has 0 bridgehead atoms. The number of carbonyl (C=O) groups is 3. The number of ketones is 1. The van der Waals surface area contributed by atoms with Gasteiger partial charge >= 0.3 is 0 Å². The lowest BCUT2D eigenvalue weighted by molar-refractivity contribution is -0.146. The average molecular weight is 288 g/mol. The molecule has 0 aliphatic carbocycles. The molecule has 0 radical (unpaired) electrons. The molecule has 1 heterocycles. The van der Waals surface area contributed by atoms with E-state index < -0.39 is 11.6 Å². The van der Waals surface area contributed by atoms with Gasteiger partial charge in [-0.05, 0) is 20.3 Å². The molecule has 1 unspecified atom stereocenters. The Morgan fingerprint density at radius 1 is 1.29 bits per heavy atom. The lowest BCUT2D eigenvalue weighted by Crippen LogP contribution is -2.67. The maximum absolute atomic E-state index is 12.7. The summed E-state index contributed by atoms with van der Waals surface area (Å²) in [4.78, 5) is 38.1. The number of Topliss-reactive ketones (excluding diaryl/α,β-unsaturated/α-hetero) is 1. The molecule has 2 rings (SSSR count). The van der Waals surface area contributed by atoms with Crippen LogP contribution in [-0.2, 0) is 9.59 Å². The number of nitrogens with zero attached hydrogens (tertiary/aromatic N) is 1. The Bertz CT molecular complexity index is 566. The van der Waals surface area contributed by atoms with Crippen LogP contribution in [-0.4, -0.2) is 40.6 Å². The van der Waals surface area contributed by atoms with Crippen molar-refractivity contribution in [2.24, 2.45) is 0 Å². The molecular formula is C16H20N2O3. The third-order valence-corrected chi connectivity index (χ3v) is 3.96. The quantitative estimate of drug-likeness (QED) is 0.671. The zero-order valence-electron chi connectivity index (χ0n) is 12.6. The first-order chi connectivity index (χ1) is 9.87. The predicted molar refractivity (Wildman–Crippen MR) is 78.8 cm³/mol. The molecule has 0 spiro atoms. The number of hydrogen-bond acceptors (Lipinski definition) is 4. The Labute approximate surface area is 124 Å². The first kappa shape index (κ1) is 15.4. The van der Waals surface area contributed by atoms with Gasteiger partial charge < -0.3 is 0 Å². The zero-order valence-corrected chi connectivity index (χ0v) is 12.6. The maximum atomic E-state index is 12.7. The van der Waals surface area contributed by atoms with Crippen LogP contribution in [0.1, 0.15) is 37.6 Å². The molecule has 1 N–H and O–H groups in total. The molecule has 1 atom stereocenters. The third kappa shape index (κ3) is 2.88. The maximum Gasteiger partial charge on any atom is 0.246 e. The number of hydrogen-bond donors (Lipinski definition) is 1. The van der Waals surface area contributed by atoms with Crippen LogP contribution < -0.4 is 5.32 Å². The molecule has 0 saturated carbocycles. The lowest BCUT2D eigenvalue weighted by atomic mass is 9.91. The molecule has 5 heteroatoms. The highest BCUT2D eigenvalue weighted by Gasteiger charge is 2.45. The predicted octanol–water partition coefficient (Wildman–Crippen LogP) is 1.38. The summed E-state index contributed by atoms with van der Waals surface area (Å²) < 4.78 is 0. The average Bonchev–Trinajstić information content (AvgIpc) is 2.46. The van der Waals surface area contributed by atoms with Gasteiger partial charge in [-0.1, -0.05) is 37.3 Å². The van der Waals surface area contributed by atoms with Gasteiger partial charge in [-0.25, -0.2) is 0 Å². The van der Waals surface area contributed by atoms with E-state index in [1.165, 1.54) is 0 Å². The number of piperazine rings is 1. The molecule has 5 nitrogen and oxygen atoms in total. The molecule has 0 aromatic heterocycles. The summed E-state index contributed by atoms with van der Waals surface area (Å²) in [6.07, 6.45) is 0.539. The molecule has 1 aromatic rings. The van der Waals surface area contributed by atoms with Crippen molar-refractivity contribution in [3.8, 4) is 0 Å². The molecule has 1 saturated heterocycles. The van der Waals surface area contributed by atoms with Crippen LogP contribution in [0.25, 0.3) is 0 Å². The molecule has 1 aliphatic rings. The van der Waals surface area contributed by atoms with Gasteiger partial charge in [-0.3, -0.25) is 24.6 Å². The topological polar surface area (TPSA) is 66.5 Å². The minimum absolute atomic E-state index is 0.0514. The van der Waals surface area contributed by atoms with Crippen LogP contribution in [0, 0.1) is 0 Å². The van der Waals surface area contributed by atoms with Gasteiger partial charge in [0.05, 0.1) is 18.1 Å². The van der Waals surface area contributed by atoms with Gasteiger partial charge in [0.1, 0.15) is 0 Å².